The first-order chi connectivity index (χ1) is 7.51. The smallest absolute Gasteiger partial charge is 0.146 e. The first-order valence-corrected chi connectivity index (χ1v) is 5.45. The van der Waals surface area contributed by atoms with Gasteiger partial charge in [0.2, 0.25) is 0 Å². The van der Waals surface area contributed by atoms with Crippen LogP contribution in [0.1, 0.15) is 18.3 Å². The molecule has 3 nitrogen and oxygen atoms in total. The monoisotopic (exact) mass is 256 g/mol. The first kappa shape index (κ1) is 11.5. The minimum absolute atomic E-state index is 0.411. The molecule has 1 atom stereocenters. The molecule has 0 aliphatic carbocycles. The first-order valence-electron chi connectivity index (χ1n) is 4.69. The molecule has 16 heavy (non-hydrogen) atoms. The molecule has 2 rings (SSSR count). The van der Waals surface area contributed by atoms with E-state index in [0.29, 0.717) is 21.4 Å². The summed E-state index contributed by atoms with van der Waals surface area (Å²) in [6, 6.07) is 4.96. The molecule has 0 radical (unpaired) electrons. The minimum atomic E-state index is -1.26. The Morgan fingerprint density at radius 2 is 2.12 bits per heavy atom. The lowest BCUT2D eigenvalue weighted by atomic mass is 9.95. The second-order valence-corrected chi connectivity index (χ2v) is 4.48. The van der Waals surface area contributed by atoms with Gasteiger partial charge in [0.1, 0.15) is 11.4 Å². The summed E-state index contributed by atoms with van der Waals surface area (Å²) in [5.41, 5.74) is -0.695. The van der Waals surface area contributed by atoms with Gasteiger partial charge in [0.15, 0.2) is 0 Å². The van der Waals surface area contributed by atoms with Crippen molar-refractivity contribution in [2.24, 2.45) is 0 Å². The van der Waals surface area contributed by atoms with E-state index >= 15 is 0 Å². The van der Waals surface area contributed by atoms with E-state index in [1.165, 1.54) is 0 Å². The van der Waals surface area contributed by atoms with Crippen LogP contribution in [0.15, 0.2) is 30.6 Å². The van der Waals surface area contributed by atoms with Crippen molar-refractivity contribution in [3.05, 3.63) is 52.0 Å². The van der Waals surface area contributed by atoms with E-state index in [1.54, 1.807) is 37.5 Å². The van der Waals surface area contributed by atoms with Crippen molar-refractivity contribution in [1.82, 2.24) is 9.97 Å². The summed E-state index contributed by atoms with van der Waals surface area (Å²) >= 11 is 11.8. The third kappa shape index (κ3) is 1.94. The van der Waals surface area contributed by atoms with E-state index in [1.807, 2.05) is 0 Å². The fourth-order valence-corrected chi connectivity index (χ4v) is 2.14. The third-order valence-corrected chi connectivity index (χ3v) is 2.96. The van der Waals surface area contributed by atoms with E-state index in [0.717, 1.165) is 0 Å². The lowest BCUT2D eigenvalue weighted by Gasteiger charge is -2.22. The maximum atomic E-state index is 10.4. The van der Waals surface area contributed by atoms with Crippen molar-refractivity contribution < 1.29 is 5.11 Å². The Balaban J connectivity index is 2.51. The molecule has 84 valence electrons. The number of imidazole rings is 1. The highest BCUT2D eigenvalue weighted by molar-refractivity contribution is 6.35. The van der Waals surface area contributed by atoms with Gasteiger partial charge in [0.25, 0.3) is 0 Å². The summed E-state index contributed by atoms with van der Waals surface area (Å²) in [7, 11) is 0. The number of hydrogen-bond acceptors (Lipinski definition) is 2. The van der Waals surface area contributed by atoms with Gasteiger partial charge in [-0.1, -0.05) is 29.3 Å². The average molecular weight is 257 g/mol. The quantitative estimate of drug-likeness (QED) is 0.868. The lowest BCUT2D eigenvalue weighted by Crippen LogP contribution is -2.24. The van der Waals surface area contributed by atoms with Crippen molar-refractivity contribution in [3.63, 3.8) is 0 Å². The van der Waals surface area contributed by atoms with Crippen LogP contribution in [0.5, 0.6) is 0 Å². The van der Waals surface area contributed by atoms with Gasteiger partial charge >= 0.3 is 0 Å². The zero-order chi connectivity index (χ0) is 11.8. The Bertz CT molecular complexity index is 495. The number of aliphatic hydroxyl groups is 1. The molecule has 2 N–H and O–H groups in total. The van der Waals surface area contributed by atoms with Crippen LogP contribution in [-0.2, 0) is 5.60 Å². The third-order valence-electron chi connectivity index (χ3n) is 2.41. The normalized spacial score (nSPS) is 14.8. The maximum Gasteiger partial charge on any atom is 0.146 e. The molecule has 0 aliphatic rings. The van der Waals surface area contributed by atoms with Crippen molar-refractivity contribution in [2.75, 3.05) is 0 Å². The average Bonchev–Trinajstić information content (AvgIpc) is 2.69. The molecule has 0 fully saturated rings. The second-order valence-electron chi connectivity index (χ2n) is 3.63. The molecule has 0 amide bonds. The number of H-pyrrole nitrogens is 1. The zero-order valence-corrected chi connectivity index (χ0v) is 10.0. The molecule has 1 aromatic carbocycles. The van der Waals surface area contributed by atoms with Gasteiger partial charge in [-0.05, 0) is 19.1 Å². The topological polar surface area (TPSA) is 48.9 Å². The molecule has 1 aromatic heterocycles. The van der Waals surface area contributed by atoms with Crippen LogP contribution in [-0.4, -0.2) is 15.1 Å². The van der Waals surface area contributed by atoms with E-state index < -0.39 is 5.60 Å². The summed E-state index contributed by atoms with van der Waals surface area (Å²) in [6.07, 6.45) is 3.22. The molecule has 0 bridgehead atoms. The largest absolute Gasteiger partial charge is 0.377 e. The van der Waals surface area contributed by atoms with Crippen LogP contribution in [0.2, 0.25) is 10.0 Å². The Morgan fingerprint density at radius 3 is 2.69 bits per heavy atom. The molecule has 0 saturated carbocycles. The standard InChI is InChI=1S/C11H10Cl2N2O/c1-11(16,10-14-4-5-15-10)8-3-2-7(12)6-9(8)13/h2-6,16H,1H3,(H,14,15)/t11-/m0/s1. The summed E-state index contributed by atoms with van der Waals surface area (Å²) in [5, 5.41) is 11.3. The highest BCUT2D eigenvalue weighted by Gasteiger charge is 2.30. The predicted octanol–water partition coefficient (Wildman–Crippen LogP) is 2.97. The van der Waals surface area contributed by atoms with Crippen LogP contribution in [0.3, 0.4) is 0 Å². The van der Waals surface area contributed by atoms with E-state index in [9.17, 15) is 5.11 Å². The van der Waals surface area contributed by atoms with E-state index in [-0.39, 0.29) is 0 Å². The molecule has 2 aromatic rings. The fourth-order valence-electron chi connectivity index (χ4n) is 1.54. The summed E-state index contributed by atoms with van der Waals surface area (Å²) in [4.78, 5) is 6.90. The van der Waals surface area contributed by atoms with Gasteiger partial charge in [0, 0.05) is 28.0 Å². The highest BCUT2D eigenvalue weighted by atomic mass is 35.5. The molecule has 0 spiro atoms. The van der Waals surface area contributed by atoms with Crippen molar-refractivity contribution in [3.8, 4) is 0 Å². The molecular weight excluding hydrogens is 247 g/mol. The Hall–Kier alpha value is -1.03. The van der Waals surface area contributed by atoms with Crippen LogP contribution in [0.4, 0.5) is 0 Å². The number of nitrogens with one attached hydrogen (secondary N) is 1. The number of nitrogens with zero attached hydrogens (tertiary/aromatic N) is 1. The van der Waals surface area contributed by atoms with Crippen LogP contribution < -0.4 is 0 Å². The molecule has 5 heteroatoms. The van der Waals surface area contributed by atoms with Crippen molar-refractivity contribution >= 4 is 23.2 Å². The summed E-state index contributed by atoms with van der Waals surface area (Å²) in [6.45, 7) is 1.63. The number of rotatable bonds is 2. The molecule has 1 heterocycles. The Labute approximate surface area is 103 Å². The molecule has 0 aliphatic heterocycles. The van der Waals surface area contributed by atoms with Gasteiger partial charge in [0.05, 0.1) is 0 Å². The van der Waals surface area contributed by atoms with Gasteiger partial charge in [-0.15, -0.1) is 0 Å². The Morgan fingerprint density at radius 1 is 1.38 bits per heavy atom. The Kier molecular flexibility index (Phi) is 2.93. The van der Waals surface area contributed by atoms with Gasteiger partial charge in [-0.25, -0.2) is 4.98 Å². The van der Waals surface area contributed by atoms with Crippen LogP contribution in [0.25, 0.3) is 0 Å². The predicted molar refractivity (Wildman–Crippen MR) is 63.7 cm³/mol. The van der Waals surface area contributed by atoms with Crippen molar-refractivity contribution in [1.29, 1.82) is 0 Å². The molecule has 0 unspecified atom stereocenters. The lowest BCUT2D eigenvalue weighted by molar-refractivity contribution is 0.0933. The molecular formula is C11H10Cl2N2O. The number of halogens is 2. The summed E-state index contributed by atoms with van der Waals surface area (Å²) in [5.74, 6) is 0.441. The van der Waals surface area contributed by atoms with E-state index in [4.69, 9.17) is 23.2 Å². The van der Waals surface area contributed by atoms with Gasteiger partial charge in [-0.2, -0.15) is 0 Å². The van der Waals surface area contributed by atoms with E-state index in [2.05, 4.69) is 9.97 Å². The number of aromatic nitrogens is 2. The van der Waals surface area contributed by atoms with Crippen molar-refractivity contribution in [2.45, 2.75) is 12.5 Å². The fraction of sp³-hybridized carbons (Fsp3) is 0.182. The highest BCUT2D eigenvalue weighted by Crippen LogP contribution is 2.33. The number of benzene rings is 1. The number of aromatic amines is 1. The van der Waals surface area contributed by atoms with Gasteiger partial charge in [-0.3, -0.25) is 0 Å². The SMILES string of the molecule is C[C@@](O)(c1ncc[nH]1)c1ccc(Cl)cc1Cl. The van der Waals surface area contributed by atoms with Gasteiger partial charge < -0.3 is 10.1 Å². The maximum absolute atomic E-state index is 10.4. The minimum Gasteiger partial charge on any atom is -0.377 e. The summed E-state index contributed by atoms with van der Waals surface area (Å²) < 4.78 is 0. The van der Waals surface area contributed by atoms with Crippen LogP contribution in [0, 0.1) is 0 Å². The molecule has 0 saturated heterocycles. The number of hydrogen-bond donors (Lipinski definition) is 2. The van der Waals surface area contributed by atoms with Crippen LogP contribution >= 0.6 is 23.2 Å². The second kappa shape index (κ2) is 4.09. The zero-order valence-electron chi connectivity index (χ0n) is 8.54.